The summed E-state index contributed by atoms with van der Waals surface area (Å²) < 4.78 is 0. The topological polar surface area (TPSA) is 136 Å². The number of nitrogens with zero attached hydrogens (tertiary/aromatic N) is 7. The maximum absolute atomic E-state index is 4.97. The van der Waals surface area contributed by atoms with Crippen LogP contribution >= 0.6 is 0 Å². The fraction of sp³-hybridized carbons (Fsp3) is 0.304. The molecule has 0 aliphatic carbocycles. The molecule has 4 aliphatic heterocycles. The molecule has 0 amide bonds. The molecule has 0 saturated carbocycles. The van der Waals surface area contributed by atoms with Crippen molar-refractivity contribution in [3.05, 3.63) is 74.5 Å². The van der Waals surface area contributed by atoms with Crippen LogP contribution in [0.2, 0.25) is 0 Å². The van der Waals surface area contributed by atoms with Crippen molar-refractivity contribution in [2.24, 2.45) is 10.2 Å². The van der Waals surface area contributed by atoms with Crippen LogP contribution in [0.1, 0.15) is 20.3 Å². The minimum Gasteiger partial charge on any atom is -0.644 e. The Labute approximate surface area is 203 Å². The van der Waals surface area contributed by atoms with Gasteiger partial charge in [-0.1, -0.05) is 54.6 Å². The van der Waals surface area contributed by atoms with Crippen LogP contribution in [-0.4, -0.2) is 58.6 Å². The summed E-state index contributed by atoms with van der Waals surface area (Å²) in [5.74, 6) is 1.55. The molecule has 0 aromatic heterocycles. The van der Waals surface area contributed by atoms with Crippen molar-refractivity contribution < 1.29 is 27.4 Å². The van der Waals surface area contributed by atoms with Gasteiger partial charge in [0.15, 0.2) is 0 Å². The summed E-state index contributed by atoms with van der Waals surface area (Å²) in [6, 6.07) is 4.11. The van der Waals surface area contributed by atoms with Gasteiger partial charge in [0.05, 0.1) is 0 Å². The van der Waals surface area contributed by atoms with Gasteiger partial charge in [-0.05, 0) is 73.5 Å². The van der Waals surface area contributed by atoms with E-state index < -0.39 is 0 Å². The van der Waals surface area contributed by atoms with Gasteiger partial charge < -0.3 is 36.9 Å². The Hall–Kier alpha value is -2.91. The van der Waals surface area contributed by atoms with Gasteiger partial charge in [0, 0.05) is 5.71 Å². The number of fused-ring (bicyclic) bond motifs is 4. The number of hydrogen-bond acceptors (Lipinski definition) is 4. The third kappa shape index (κ3) is 4.89. The third-order valence-corrected chi connectivity index (χ3v) is 5.70. The minimum absolute atomic E-state index is 0. The van der Waals surface area contributed by atoms with Crippen LogP contribution in [0.15, 0.2) is 58.3 Å². The molecule has 178 valence electrons. The monoisotopic (exact) mass is 492 g/mol. The van der Waals surface area contributed by atoms with Crippen molar-refractivity contribution in [3.8, 4) is 0 Å². The minimum atomic E-state index is -0.0712. The van der Waals surface area contributed by atoms with Gasteiger partial charge in [-0.15, -0.1) is 6.08 Å². The zero-order valence-corrected chi connectivity index (χ0v) is 19.9. The maximum Gasteiger partial charge on any atom is 2.00 e. The molecule has 1 aromatic rings. The van der Waals surface area contributed by atoms with Crippen molar-refractivity contribution in [1.82, 2.24) is 10.0 Å². The van der Waals surface area contributed by atoms with Crippen molar-refractivity contribution in [1.29, 1.82) is 0 Å². The van der Waals surface area contributed by atoms with E-state index in [-0.39, 0.29) is 39.5 Å². The van der Waals surface area contributed by atoms with Gasteiger partial charge >= 0.3 is 16.5 Å². The van der Waals surface area contributed by atoms with Gasteiger partial charge in [-0.2, -0.15) is 0 Å². The normalized spacial score (nSPS) is 25.6. The average Bonchev–Trinajstić information content (AvgIpc) is 2.77. The first-order valence-electron chi connectivity index (χ1n) is 10.1. The Bertz CT molecular complexity index is 1190. The average molecular weight is 493 g/mol. The first-order chi connectivity index (χ1) is 14.5. The summed E-state index contributed by atoms with van der Waals surface area (Å²) in [4.78, 5) is 0. The summed E-state index contributed by atoms with van der Waals surface area (Å²) in [5.41, 5.74) is 3.61. The molecule has 0 spiro atoms. The first-order valence-corrected chi connectivity index (χ1v) is 10.1. The number of hydrogen-bond donors (Lipinski definition) is 0. The van der Waals surface area contributed by atoms with Crippen molar-refractivity contribution in [2.75, 3.05) is 14.1 Å². The maximum atomic E-state index is 4.97. The Balaban J connectivity index is 0.00000128. The molecule has 9 nitrogen and oxygen atoms in total. The molecule has 5 rings (SSSR count). The van der Waals surface area contributed by atoms with E-state index in [1.54, 1.807) is 0 Å². The van der Waals surface area contributed by atoms with Crippen LogP contribution in [0.25, 0.3) is 28.1 Å². The van der Waals surface area contributed by atoms with Crippen LogP contribution in [-0.2, 0) is 16.5 Å². The number of benzene rings is 1. The second-order valence-corrected chi connectivity index (χ2v) is 7.85. The zero-order chi connectivity index (χ0) is 20.8. The van der Waals surface area contributed by atoms with Crippen molar-refractivity contribution in [3.63, 3.8) is 0 Å². The van der Waals surface area contributed by atoms with E-state index in [4.69, 9.17) is 26.2 Å². The van der Waals surface area contributed by atoms with E-state index >= 15 is 0 Å². The summed E-state index contributed by atoms with van der Waals surface area (Å²) in [7, 11) is 3.85. The molecule has 4 aliphatic rings. The molecular weight excluding hydrogens is 465 g/mol. The molecule has 0 fully saturated rings. The molecule has 2 unspecified atom stereocenters. The predicted octanol–water partition coefficient (Wildman–Crippen LogP) is 2.02. The summed E-state index contributed by atoms with van der Waals surface area (Å²) in [6.45, 7) is 4.04. The summed E-state index contributed by atoms with van der Waals surface area (Å²) in [5, 5.41) is 30.1. The smallest absolute Gasteiger partial charge is 0.644 e. The molecule has 0 saturated heterocycles. The molecule has 1 aromatic carbocycles. The number of allylic oxidation sites excluding steroid dienone is 2. The van der Waals surface area contributed by atoms with Gasteiger partial charge in [0.1, 0.15) is 0 Å². The molecule has 4 heterocycles. The summed E-state index contributed by atoms with van der Waals surface area (Å²) in [6.07, 6.45) is 13.2. The predicted molar refractivity (Wildman–Crippen MR) is 130 cm³/mol. The van der Waals surface area contributed by atoms with E-state index in [1.165, 1.54) is 0 Å². The molecular formula is C23H28N7NiO2-. The van der Waals surface area contributed by atoms with Gasteiger partial charge in [0.2, 0.25) is 0 Å². The van der Waals surface area contributed by atoms with E-state index in [1.807, 2.05) is 50.1 Å². The van der Waals surface area contributed by atoms with E-state index in [0.717, 1.165) is 51.3 Å². The Morgan fingerprint density at radius 3 is 1.88 bits per heavy atom. The second-order valence-electron chi connectivity index (χ2n) is 7.85. The van der Waals surface area contributed by atoms with Crippen LogP contribution < -0.4 is 10.4 Å². The standard InChI is InChI=1S/C23H24N7.Ni.2H2O/c1-14-18-6-5-7-19(24-18)15(2)28-30(4)21-13-11-17-9-8-16-10-12-20(29(3)27-14)25-22(16)23(17)26-21;;;/h5-6,8-13,18-19H,7H2,1-4H3;;2*1H2/q-3;+2;;/b27-14+,28-15+;;;. The number of hydrazone groups is 2. The molecule has 0 radical (unpaired) electrons. The Kier molecular flexibility index (Phi) is 8.27. The van der Waals surface area contributed by atoms with E-state index in [2.05, 4.69) is 36.4 Å². The van der Waals surface area contributed by atoms with Crippen LogP contribution in [0.5, 0.6) is 0 Å². The van der Waals surface area contributed by atoms with Crippen LogP contribution in [0.3, 0.4) is 0 Å². The molecule has 33 heavy (non-hydrogen) atoms. The Morgan fingerprint density at radius 2 is 1.33 bits per heavy atom. The van der Waals surface area contributed by atoms with E-state index in [9.17, 15) is 0 Å². The Morgan fingerprint density at radius 1 is 0.818 bits per heavy atom. The SMILES string of the molecule is C/C1=N\N(C)C2=CC=c3ccc4c(c3[N-]2)[N-]C(=CC=4)N(C)/N=C(\C)C2CC=CC1[N-]2.O.O.[Ni+2]. The molecule has 4 N–H and O–H groups in total. The van der Waals surface area contributed by atoms with Crippen molar-refractivity contribution in [2.45, 2.75) is 32.4 Å². The first kappa shape index (κ1) is 26.3. The van der Waals surface area contributed by atoms with Gasteiger partial charge in [-0.25, -0.2) is 0 Å². The summed E-state index contributed by atoms with van der Waals surface area (Å²) >= 11 is 0. The quantitative estimate of drug-likeness (QED) is 0.404. The molecule has 2 atom stereocenters. The molecule has 10 heteroatoms. The van der Waals surface area contributed by atoms with Gasteiger partial charge in [-0.3, -0.25) is 10.2 Å². The fourth-order valence-electron chi connectivity index (χ4n) is 3.98. The zero-order valence-electron chi connectivity index (χ0n) is 18.9. The van der Waals surface area contributed by atoms with Crippen LogP contribution in [0.4, 0.5) is 11.4 Å². The molecule has 6 bridgehead atoms. The number of rotatable bonds is 0. The van der Waals surface area contributed by atoms with E-state index in [0.29, 0.717) is 0 Å². The van der Waals surface area contributed by atoms with Gasteiger partial charge in [0.25, 0.3) is 0 Å². The largest absolute Gasteiger partial charge is 2.00 e. The van der Waals surface area contributed by atoms with Crippen LogP contribution in [0, 0.1) is 0 Å². The fourth-order valence-corrected chi connectivity index (χ4v) is 3.98. The third-order valence-electron chi connectivity index (χ3n) is 5.70. The second kappa shape index (κ2) is 10.4. The van der Waals surface area contributed by atoms with Crippen molar-refractivity contribution >= 4 is 35.0 Å².